The second-order valence-corrected chi connectivity index (χ2v) is 9.99. The van der Waals surface area contributed by atoms with Gasteiger partial charge in [0.1, 0.15) is 23.7 Å². The first kappa shape index (κ1) is 26.0. The summed E-state index contributed by atoms with van der Waals surface area (Å²) >= 11 is 0. The van der Waals surface area contributed by atoms with Crippen molar-refractivity contribution in [3.63, 3.8) is 0 Å². The van der Waals surface area contributed by atoms with Crippen LogP contribution in [0.1, 0.15) is 51.7 Å². The van der Waals surface area contributed by atoms with E-state index in [0.717, 1.165) is 24.3 Å². The monoisotopic (exact) mass is 484 g/mol. The van der Waals surface area contributed by atoms with Crippen LogP contribution in [0.25, 0.3) is 0 Å². The van der Waals surface area contributed by atoms with Crippen LogP contribution in [-0.4, -0.2) is 64.1 Å². The molecule has 6 heteroatoms. The Bertz CT molecular complexity index is 821. The predicted octanol–water partition coefficient (Wildman–Crippen LogP) is 5.16. The quantitative estimate of drug-likeness (QED) is 0.242. The number of epoxide rings is 2. The summed E-state index contributed by atoms with van der Waals surface area (Å²) in [5.74, 6) is 1.77. The lowest BCUT2D eigenvalue weighted by molar-refractivity contribution is 0.104. The topological polar surface area (TPSA) is 62.0 Å². The second kappa shape index (κ2) is 12.2. The van der Waals surface area contributed by atoms with E-state index in [9.17, 15) is 0 Å². The molecule has 0 saturated carbocycles. The van der Waals surface area contributed by atoms with Crippen molar-refractivity contribution in [2.75, 3.05) is 39.6 Å². The molecule has 2 aliphatic rings. The second-order valence-electron chi connectivity index (χ2n) is 9.99. The Labute approximate surface area is 209 Å². The van der Waals surface area contributed by atoms with E-state index in [2.05, 4.69) is 52.0 Å². The van der Waals surface area contributed by atoms with Crippen LogP contribution >= 0.6 is 0 Å². The molecule has 0 aliphatic carbocycles. The van der Waals surface area contributed by atoms with E-state index < -0.39 is 0 Å². The fraction of sp³-hybridized carbons (Fsp3) is 0.586. The molecule has 192 valence electrons. The van der Waals surface area contributed by atoms with Gasteiger partial charge in [0.15, 0.2) is 0 Å². The number of hydrogen-bond donors (Lipinski definition) is 0. The average Bonchev–Trinajstić information content (AvgIpc) is 3.76. The molecule has 2 fully saturated rings. The lowest BCUT2D eigenvalue weighted by Crippen LogP contribution is -2.18. The van der Waals surface area contributed by atoms with E-state index in [1.807, 2.05) is 24.3 Å². The van der Waals surface area contributed by atoms with Crippen molar-refractivity contribution in [2.24, 2.45) is 0 Å². The maximum Gasteiger partial charge on any atom is 0.119 e. The van der Waals surface area contributed by atoms with Crippen LogP contribution in [-0.2, 0) is 24.4 Å². The van der Waals surface area contributed by atoms with E-state index in [4.69, 9.17) is 28.4 Å². The number of benzene rings is 2. The maximum atomic E-state index is 5.88. The molecule has 0 aromatic heterocycles. The first-order valence-corrected chi connectivity index (χ1v) is 12.9. The largest absolute Gasteiger partial charge is 0.494 e. The van der Waals surface area contributed by atoms with Crippen molar-refractivity contribution in [3.8, 4) is 11.5 Å². The molecule has 0 N–H and O–H groups in total. The zero-order valence-electron chi connectivity index (χ0n) is 21.5. The molecule has 2 aromatic carbocycles. The highest BCUT2D eigenvalue weighted by molar-refractivity contribution is 5.41. The Morgan fingerprint density at radius 3 is 1.34 bits per heavy atom. The van der Waals surface area contributed by atoms with Gasteiger partial charge in [-0.3, -0.25) is 0 Å². The number of rotatable bonds is 16. The molecule has 4 rings (SSSR count). The van der Waals surface area contributed by atoms with Crippen LogP contribution in [0.5, 0.6) is 11.5 Å². The third-order valence-corrected chi connectivity index (χ3v) is 6.79. The highest BCUT2D eigenvalue weighted by atomic mass is 16.6. The highest BCUT2D eigenvalue weighted by Crippen LogP contribution is 2.33. The fourth-order valence-corrected chi connectivity index (χ4v) is 4.01. The van der Waals surface area contributed by atoms with Crippen LogP contribution in [0.4, 0.5) is 0 Å². The molecule has 2 saturated heterocycles. The van der Waals surface area contributed by atoms with Gasteiger partial charge >= 0.3 is 0 Å². The lowest BCUT2D eigenvalue weighted by Gasteiger charge is -2.26. The molecule has 4 atom stereocenters. The van der Waals surface area contributed by atoms with E-state index >= 15 is 0 Å². The summed E-state index contributed by atoms with van der Waals surface area (Å²) < 4.78 is 33.7. The van der Waals surface area contributed by atoms with Gasteiger partial charge in [0.05, 0.1) is 38.6 Å². The fourth-order valence-electron chi connectivity index (χ4n) is 4.01. The standard InChI is InChI=1S/C29H40O6/c1-21-27(34-21)19-30-15-5-17-32-25-11-7-23(8-12-25)29(3,4)24-9-13-26(14-10-24)33-18-6-16-31-20-28-22(2)35-28/h7-14,21-22,27-28H,5-6,15-20H2,1-4H3. The van der Waals surface area contributed by atoms with Gasteiger partial charge in [0.2, 0.25) is 0 Å². The molecule has 6 nitrogen and oxygen atoms in total. The third kappa shape index (κ3) is 7.94. The zero-order chi connectivity index (χ0) is 24.7. The molecule has 0 amide bonds. The van der Waals surface area contributed by atoms with Crippen LogP contribution < -0.4 is 9.47 Å². The average molecular weight is 485 g/mol. The molecule has 0 spiro atoms. The van der Waals surface area contributed by atoms with Crippen LogP contribution in [0.3, 0.4) is 0 Å². The molecule has 4 unspecified atom stereocenters. The summed E-state index contributed by atoms with van der Waals surface area (Å²) in [6.07, 6.45) is 3.02. The lowest BCUT2D eigenvalue weighted by atomic mass is 9.78. The number of hydrogen-bond acceptors (Lipinski definition) is 6. The zero-order valence-corrected chi connectivity index (χ0v) is 21.5. The molecule has 2 heterocycles. The minimum absolute atomic E-state index is 0.122. The van der Waals surface area contributed by atoms with Gasteiger partial charge in [-0.25, -0.2) is 0 Å². The third-order valence-electron chi connectivity index (χ3n) is 6.79. The Hall–Kier alpha value is -2.12. The molecule has 35 heavy (non-hydrogen) atoms. The van der Waals surface area contributed by atoms with E-state index in [0.29, 0.717) is 51.8 Å². The van der Waals surface area contributed by atoms with Crippen LogP contribution in [0, 0.1) is 0 Å². The van der Waals surface area contributed by atoms with Gasteiger partial charge in [0.25, 0.3) is 0 Å². The van der Waals surface area contributed by atoms with Crippen LogP contribution in [0.15, 0.2) is 48.5 Å². The first-order chi connectivity index (χ1) is 16.9. The van der Waals surface area contributed by atoms with Gasteiger partial charge in [-0.15, -0.1) is 0 Å². The molecule has 0 radical (unpaired) electrons. The Morgan fingerprint density at radius 1 is 0.629 bits per heavy atom. The molecule has 2 aromatic rings. The van der Waals surface area contributed by atoms with Crippen molar-refractivity contribution < 1.29 is 28.4 Å². The number of ether oxygens (including phenoxy) is 6. The van der Waals surface area contributed by atoms with Crippen molar-refractivity contribution >= 4 is 0 Å². The van der Waals surface area contributed by atoms with Crippen LogP contribution in [0.2, 0.25) is 0 Å². The van der Waals surface area contributed by atoms with E-state index in [-0.39, 0.29) is 17.6 Å². The minimum atomic E-state index is -0.122. The summed E-state index contributed by atoms with van der Waals surface area (Å²) in [5.41, 5.74) is 2.36. The summed E-state index contributed by atoms with van der Waals surface area (Å²) in [7, 11) is 0. The molecule has 2 aliphatic heterocycles. The van der Waals surface area contributed by atoms with Gasteiger partial charge in [-0.05, 0) is 49.2 Å². The van der Waals surface area contributed by atoms with Gasteiger partial charge in [0, 0.05) is 31.5 Å². The predicted molar refractivity (Wildman–Crippen MR) is 136 cm³/mol. The van der Waals surface area contributed by atoms with Crippen molar-refractivity contribution in [3.05, 3.63) is 59.7 Å². The first-order valence-electron chi connectivity index (χ1n) is 12.9. The molecular formula is C29H40O6. The van der Waals surface area contributed by atoms with E-state index in [1.165, 1.54) is 11.1 Å². The summed E-state index contributed by atoms with van der Waals surface area (Å²) in [4.78, 5) is 0. The van der Waals surface area contributed by atoms with E-state index in [1.54, 1.807) is 0 Å². The molecule has 0 bridgehead atoms. The Morgan fingerprint density at radius 2 is 1.00 bits per heavy atom. The smallest absolute Gasteiger partial charge is 0.119 e. The Kier molecular flexibility index (Phi) is 9.06. The van der Waals surface area contributed by atoms with Crippen molar-refractivity contribution in [2.45, 2.75) is 70.4 Å². The maximum absolute atomic E-state index is 5.88. The van der Waals surface area contributed by atoms with Gasteiger partial charge in [-0.1, -0.05) is 38.1 Å². The summed E-state index contributed by atoms with van der Waals surface area (Å²) in [5, 5.41) is 0. The Balaban J connectivity index is 1.15. The SMILES string of the molecule is CC1OC1COCCCOc1ccc(C(C)(C)c2ccc(OCCCOCC3OC3C)cc2)cc1. The van der Waals surface area contributed by atoms with Gasteiger partial charge in [-0.2, -0.15) is 0 Å². The van der Waals surface area contributed by atoms with Gasteiger partial charge < -0.3 is 28.4 Å². The summed E-state index contributed by atoms with van der Waals surface area (Å²) in [6.45, 7) is 12.7. The highest BCUT2D eigenvalue weighted by Gasteiger charge is 2.34. The normalized spacial score (nSPS) is 23.2. The summed E-state index contributed by atoms with van der Waals surface area (Å²) in [6, 6.07) is 16.8. The van der Waals surface area contributed by atoms with Crippen molar-refractivity contribution in [1.82, 2.24) is 0 Å². The van der Waals surface area contributed by atoms with Crippen molar-refractivity contribution in [1.29, 1.82) is 0 Å². The molecular weight excluding hydrogens is 444 g/mol. The minimum Gasteiger partial charge on any atom is -0.494 e.